The van der Waals surface area contributed by atoms with Crippen molar-refractivity contribution in [1.29, 1.82) is 0 Å². The van der Waals surface area contributed by atoms with Crippen molar-refractivity contribution in [2.75, 3.05) is 6.54 Å². The normalized spacial score (nSPS) is 22.5. The quantitative estimate of drug-likeness (QED) is 0.664. The van der Waals surface area contributed by atoms with Gasteiger partial charge in [0, 0.05) is 24.1 Å². The van der Waals surface area contributed by atoms with Gasteiger partial charge in [-0.15, -0.1) is 0 Å². The molecule has 1 fully saturated rings. The number of benzene rings is 2. The van der Waals surface area contributed by atoms with Gasteiger partial charge >= 0.3 is 0 Å². The number of rotatable bonds is 2. The molecule has 0 spiro atoms. The van der Waals surface area contributed by atoms with Crippen LogP contribution < -0.4 is 10.9 Å². The van der Waals surface area contributed by atoms with Crippen molar-refractivity contribution in [3.63, 3.8) is 0 Å². The number of phenols is 2. The van der Waals surface area contributed by atoms with E-state index in [1.807, 2.05) is 18.2 Å². The average molecular weight is 256 g/mol. The highest BCUT2D eigenvalue weighted by Gasteiger charge is 2.31. The Balaban J connectivity index is 1.95. The van der Waals surface area contributed by atoms with Crippen LogP contribution in [-0.2, 0) is 0 Å². The van der Waals surface area contributed by atoms with Gasteiger partial charge in [-0.3, -0.25) is 5.43 Å². The third-order valence-electron chi connectivity index (χ3n) is 3.56. The van der Waals surface area contributed by atoms with E-state index in [1.54, 1.807) is 12.1 Å². The summed E-state index contributed by atoms with van der Waals surface area (Å²) in [4.78, 5) is 0. The van der Waals surface area contributed by atoms with Crippen LogP contribution in [0.3, 0.4) is 0 Å². The molecule has 2 unspecified atom stereocenters. The zero-order valence-electron chi connectivity index (χ0n) is 10.4. The van der Waals surface area contributed by atoms with Gasteiger partial charge in [-0.1, -0.05) is 36.4 Å². The SMILES string of the molecule is Oc1ccc(C2NNCC2c2ccccc2)c(O)c1. The number of hydrogen-bond donors (Lipinski definition) is 4. The van der Waals surface area contributed by atoms with E-state index in [0.717, 1.165) is 12.1 Å². The molecule has 4 heteroatoms. The van der Waals surface area contributed by atoms with E-state index in [4.69, 9.17) is 0 Å². The molecular formula is C15H16N2O2. The Bertz CT molecular complexity index is 572. The van der Waals surface area contributed by atoms with Crippen molar-refractivity contribution < 1.29 is 10.2 Å². The Kier molecular flexibility index (Phi) is 3.11. The number of aromatic hydroxyl groups is 2. The summed E-state index contributed by atoms with van der Waals surface area (Å²) in [5.74, 6) is 0.433. The molecule has 98 valence electrons. The van der Waals surface area contributed by atoms with Crippen molar-refractivity contribution in [2.45, 2.75) is 12.0 Å². The third kappa shape index (κ3) is 2.28. The largest absolute Gasteiger partial charge is 0.508 e. The fraction of sp³-hybridized carbons (Fsp3) is 0.200. The van der Waals surface area contributed by atoms with Crippen molar-refractivity contribution in [3.05, 3.63) is 59.7 Å². The summed E-state index contributed by atoms with van der Waals surface area (Å²) in [6.07, 6.45) is 0. The first kappa shape index (κ1) is 12.0. The van der Waals surface area contributed by atoms with Gasteiger partial charge in [0.05, 0.1) is 6.04 Å². The first-order valence-electron chi connectivity index (χ1n) is 6.31. The number of nitrogens with one attached hydrogen (secondary N) is 2. The van der Waals surface area contributed by atoms with E-state index in [1.165, 1.54) is 11.6 Å². The maximum absolute atomic E-state index is 9.99. The van der Waals surface area contributed by atoms with E-state index in [9.17, 15) is 10.2 Å². The zero-order valence-corrected chi connectivity index (χ0v) is 10.4. The Labute approximate surface area is 111 Å². The number of hydrogen-bond acceptors (Lipinski definition) is 4. The van der Waals surface area contributed by atoms with Gasteiger partial charge < -0.3 is 10.2 Å². The van der Waals surface area contributed by atoms with Crippen molar-refractivity contribution in [3.8, 4) is 11.5 Å². The second-order valence-corrected chi connectivity index (χ2v) is 4.76. The molecule has 1 heterocycles. The summed E-state index contributed by atoms with van der Waals surface area (Å²) in [5, 5.41) is 19.4. The molecule has 19 heavy (non-hydrogen) atoms. The summed E-state index contributed by atoms with van der Waals surface area (Å²) in [6, 6.07) is 14.9. The van der Waals surface area contributed by atoms with Crippen LogP contribution >= 0.6 is 0 Å². The maximum Gasteiger partial charge on any atom is 0.124 e. The van der Waals surface area contributed by atoms with Gasteiger partial charge in [-0.2, -0.15) is 0 Å². The van der Waals surface area contributed by atoms with Crippen LogP contribution in [0.2, 0.25) is 0 Å². The molecule has 0 aliphatic carbocycles. The Hall–Kier alpha value is -2.04. The van der Waals surface area contributed by atoms with Crippen LogP contribution in [-0.4, -0.2) is 16.8 Å². The van der Waals surface area contributed by atoms with Gasteiger partial charge in [-0.05, 0) is 11.6 Å². The van der Waals surface area contributed by atoms with Crippen LogP contribution in [0.1, 0.15) is 23.1 Å². The maximum atomic E-state index is 9.99. The monoisotopic (exact) mass is 256 g/mol. The lowest BCUT2D eigenvalue weighted by Crippen LogP contribution is -2.24. The lowest BCUT2D eigenvalue weighted by molar-refractivity contribution is 0.432. The number of hydrazine groups is 1. The Morgan fingerprint density at radius 2 is 1.79 bits per heavy atom. The van der Waals surface area contributed by atoms with Crippen LogP contribution in [0.25, 0.3) is 0 Å². The molecule has 0 aromatic heterocycles. The molecule has 1 saturated heterocycles. The van der Waals surface area contributed by atoms with Crippen LogP contribution in [0.4, 0.5) is 0 Å². The molecule has 0 radical (unpaired) electrons. The second kappa shape index (κ2) is 4.91. The van der Waals surface area contributed by atoms with E-state index in [2.05, 4.69) is 23.0 Å². The molecule has 4 N–H and O–H groups in total. The average Bonchev–Trinajstić information content (AvgIpc) is 2.89. The molecule has 0 saturated carbocycles. The summed E-state index contributed by atoms with van der Waals surface area (Å²) in [7, 11) is 0. The van der Waals surface area contributed by atoms with E-state index in [-0.39, 0.29) is 23.5 Å². The second-order valence-electron chi connectivity index (χ2n) is 4.76. The van der Waals surface area contributed by atoms with Gasteiger partial charge in [0.1, 0.15) is 11.5 Å². The molecule has 4 nitrogen and oxygen atoms in total. The minimum atomic E-state index is -0.0111. The fourth-order valence-corrected chi connectivity index (χ4v) is 2.60. The van der Waals surface area contributed by atoms with E-state index < -0.39 is 0 Å². The summed E-state index contributed by atoms with van der Waals surface area (Å²) >= 11 is 0. The predicted molar refractivity (Wildman–Crippen MR) is 72.8 cm³/mol. The van der Waals surface area contributed by atoms with Crippen molar-refractivity contribution >= 4 is 0 Å². The molecule has 1 aliphatic heterocycles. The van der Waals surface area contributed by atoms with Gasteiger partial charge in [0.25, 0.3) is 0 Å². The van der Waals surface area contributed by atoms with Crippen LogP contribution in [0.15, 0.2) is 48.5 Å². The minimum Gasteiger partial charge on any atom is -0.508 e. The molecule has 3 rings (SSSR count). The zero-order chi connectivity index (χ0) is 13.2. The topological polar surface area (TPSA) is 64.5 Å². The van der Waals surface area contributed by atoms with Gasteiger partial charge in [0.15, 0.2) is 0 Å². The highest BCUT2D eigenvalue weighted by atomic mass is 16.3. The highest BCUT2D eigenvalue weighted by molar-refractivity contribution is 5.43. The Morgan fingerprint density at radius 1 is 1.00 bits per heavy atom. The Morgan fingerprint density at radius 3 is 2.53 bits per heavy atom. The van der Waals surface area contributed by atoms with Gasteiger partial charge in [-0.25, -0.2) is 5.43 Å². The van der Waals surface area contributed by atoms with E-state index >= 15 is 0 Å². The molecule has 1 aliphatic rings. The first-order valence-corrected chi connectivity index (χ1v) is 6.31. The third-order valence-corrected chi connectivity index (χ3v) is 3.56. The summed E-state index contributed by atoms with van der Waals surface area (Å²) < 4.78 is 0. The lowest BCUT2D eigenvalue weighted by Gasteiger charge is -2.20. The molecule has 0 bridgehead atoms. The predicted octanol–water partition coefficient (Wildman–Crippen LogP) is 2.03. The lowest BCUT2D eigenvalue weighted by atomic mass is 9.88. The fourth-order valence-electron chi connectivity index (χ4n) is 2.60. The van der Waals surface area contributed by atoms with Crippen molar-refractivity contribution in [1.82, 2.24) is 10.9 Å². The number of phenolic OH excluding ortho intramolecular Hbond substituents is 2. The van der Waals surface area contributed by atoms with Crippen LogP contribution in [0.5, 0.6) is 11.5 Å². The summed E-state index contributed by atoms with van der Waals surface area (Å²) in [6.45, 7) is 0.801. The molecular weight excluding hydrogens is 240 g/mol. The molecule has 2 atom stereocenters. The first-order chi connectivity index (χ1) is 9.25. The van der Waals surface area contributed by atoms with Crippen molar-refractivity contribution in [2.24, 2.45) is 0 Å². The summed E-state index contributed by atoms with van der Waals surface area (Å²) in [5.41, 5.74) is 8.34. The standard InChI is InChI=1S/C15H16N2O2/c18-11-6-7-12(14(19)8-11)15-13(9-16-17-15)10-4-2-1-3-5-10/h1-8,13,15-19H,9H2. The van der Waals surface area contributed by atoms with E-state index in [0.29, 0.717) is 0 Å². The van der Waals surface area contributed by atoms with Gasteiger partial charge in [0.2, 0.25) is 0 Å². The molecule has 2 aromatic carbocycles. The highest BCUT2D eigenvalue weighted by Crippen LogP contribution is 2.38. The smallest absolute Gasteiger partial charge is 0.124 e. The van der Waals surface area contributed by atoms with Crippen LogP contribution in [0, 0.1) is 0 Å². The molecule has 2 aromatic rings. The molecule has 0 amide bonds. The minimum absolute atomic E-state index is 0.0111.